The zero-order valence-electron chi connectivity index (χ0n) is 12.1. The van der Waals surface area contributed by atoms with Crippen LogP contribution in [0.2, 0.25) is 0 Å². The quantitative estimate of drug-likeness (QED) is 0.656. The van der Waals surface area contributed by atoms with Gasteiger partial charge >= 0.3 is 16.2 Å². The Balaban J connectivity index is 2.95. The van der Waals surface area contributed by atoms with E-state index in [1.165, 1.54) is 7.11 Å². The predicted molar refractivity (Wildman–Crippen MR) is 79.6 cm³/mol. The molecule has 0 aliphatic carbocycles. The first-order valence-corrected chi connectivity index (χ1v) is 7.85. The number of methoxy groups -OCH3 is 1. The van der Waals surface area contributed by atoms with Gasteiger partial charge in [-0.2, -0.15) is 13.1 Å². The molecule has 2 N–H and O–H groups in total. The molecule has 1 rings (SSSR count). The van der Waals surface area contributed by atoms with Crippen LogP contribution in [0, 0.1) is 6.92 Å². The van der Waals surface area contributed by atoms with Crippen molar-refractivity contribution < 1.29 is 23.1 Å². The molecule has 0 amide bonds. The van der Waals surface area contributed by atoms with Crippen molar-refractivity contribution in [1.29, 1.82) is 0 Å². The van der Waals surface area contributed by atoms with Gasteiger partial charge in [-0.25, -0.2) is 0 Å². The molecular weight excluding hydrogens is 296 g/mol. The molecule has 0 bridgehead atoms. The highest BCUT2D eigenvalue weighted by Gasteiger charge is 2.22. The summed E-state index contributed by atoms with van der Waals surface area (Å²) in [4.78, 5) is 10.7. The number of benzene rings is 1. The molecule has 0 aliphatic heterocycles. The van der Waals surface area contributed by atoms with Crippen LogP contribution in [0.15, 0.2) is 24.3 Å². The molecule has 1 aromatic rings. The Kier molecular flexibility index (Phi) is 6.60. The second-order valence-electron chi connectivity index (χ2n) is 4.44. The Morgan fingerprint density at radius 1 is 1.33 bits per heavy atom. The van der Waals surface area contributed by atoms with Gasteiger partial charge in [-0.05, 0) is 19.1 Å². The van der Waals surface area contributed by atoms with Crippen LogP contribution >= 0.6 is 0 Å². The lowest BCUT2D eigenvalue weighted by atomic mass is 10.2. The molecule has 0 radical (unpaired) electrons. The molecular formula is C13H20N2O5S. The van der Waals surface area contributed by atoms with Crippen LogP contribution in [-0.2, 0) is 19.7 Å². The number of nitrogens with zero attached hydrogens (tertiary/aromatic N) is 1. The van der Waals surface area contributed by atoms with Gasteiger partial charge in [-0.1, -0.05) is 17.7 Å². The summed E-state index contributed by atoms with van der Waals surface area (Å²) < 4.78 is 32.8. The highest BCUT2D eigenvalue weighted by atomic mass is 32.2. The first kappa shape index (κ1) is 17.4. The number of ether oxygens (including phenoxy) is 1. The SMILES string of the molecule is COCCNS(=O)(=O)N(CCC(=O)O)c1ccc(C)cc1. The highest BCUT2D eigenvalue weighted by Crippen LogP contribution is 2.18. The van der Waals surface area contributed by atoms with Crippen LogP contribution in [0.4, 0.5) is 5.69 Å². The molecule has 0 aromatic heterocycles. The summed E-state index contributed by atoms with van der Waals surface area (Å²) in [5.41, 5.74) is 1.41. The largest absolute Gasteiger partial charge is 0.481 e. The van der Waals surface area contributed by atoms with E-state index in [1.807, 2.05) is 6.92 Å². The second-order valence-corrected chi connectivity index (χ2v) is 6.12. The van der Waals surface area contributed by atoms with Crippen molar-refractivity contribution in [2.24, 2.45) is 0 Å². The maximum Gasteiger partial charge on any atom is 0.305 e. The van der Waals surface area contributed by atoms with Crippen molar-refractivity contribution in [1.82, 2.24) is 4.72 Å². The van der Waals surface area contributed by atoms with Gasteiger partial charge in [0, 0.05) is 20.2 Å². The third kappa shape index (κ3) is 5.70. The zero-order valence-corrected chi connectivity index (χ0v) is 12.9. The van der Waals surface area contributed by atoms with E-state index in [-0.39, 0.29) is 26.1 Å². The minimum Gasteiger partial charge on any atom is -0.481 e. The predicted octanol–water partition coefficient (Wildman–Crippen LogP) is 0.757. The summed E-state index contributed by atoms with van der Waals surface area (Å²) in [6.45, 7) is 2.10. The summed E-state index contributed by atoms with van der Waals surface area (Å²) in [6.07, 6.45) is -0.279. The van der Waals surface area contributed by atoms with Crippen molar-refractivity contribution in [3.05, 3.63) is 29.8 Å². The number of rotatable bonds is 9. The summed E-state index contributed by atoms with van der Waals surface area (Å²) in [7, 11) is -2.35. The topological polar surface area (TPSA) is 95.9 Å². The summed E-state index contributed by atoms with van der Waals surface area (Å²) >= 11 is 0. The minimum atomic E-state index is -3.82. The number of aryl methyl sites for hydroxylation is 1. The Hall–Kier alpha value is -1.64. The van der Waals surface area contributed by atoms with E-state index >= 15 is 0 Å². The Morgan fingerprint density at radius 3 is 2.48 bits per heavy atom. The van der Waals surface area contributed by atoms with Crippen LogP contribution in [0.3, 0.4) is 0 Å². The van der Waals surface area contributed by atoms with Crippen molar-refractivity contribution in [2.45, 2.75) is 13.3 Å². The molecule has 0 heterocycles. The Morgan fingerprint density at radius 2 is 1.95 bits per heavy atom. The minimum absolute atomic E-state index is 0.119. The van der Waals surface area contributed by atoms with Crippen molar-refractivity contribution in [2.75, 3.05) is 31.1 Å². The average molecular weight is 316 g/mol. The van der Waals surface area contributed by atoms with Crippen molar-refractivity contribution >= 4 is 21.9 Å². The van der Waals surface area contributed by atoms with Gasteiger partial charge in [0.2, 0.25) is 0 Å². The third-order valence-corrected chi connectivity index (χ3v) is 4.27. The molecule has 0 unspecified atom stereocenters. The Bertz CT molecular complexity index is 556. The molecule has 0 aliphatic rings. The number of carbonyl (C=O) groups is 1. The number of hydrogen-bond acceptors (Lipinski definition) is 4. The van der Waals surface area contributed by atoms with E-state index in [0.29, 0.717) is 5.69 Å². The number of anilines is 1. The highest BCUT2D eigenvalue weighted by molar-refractivity contribution is 7.90. The lowest BCUT2D eigenvalue weighted by molar-refractivity contribution is -0.136. The van der Waals surface area contributed by atoms with E-state index in [9.17, 15) is 13.2 Å². The molecule has 118 valence electrons. The normalized spacial score (nSPS) is 11.3. The second kappa shape index (κ2) is 7.96. The number of aliphatic carboxylic acids is 1. The number of nitrogens with one attached hydrogen (secondary N) is 1. The monoisotopic (exact) mass is 316 g/mol. The standard InChI is InChI=1S/C13H20N2O5S/c1-11-3-5-12(6-4-11)15(9-7-13(16)17)21(18,19)14-8-10-20-2/h3-6,14H,7-10H2,1-2H3,(H,16,17). The van der Waals surface area contributed by atoms with Gasteiger partial charge in [-0.15, -0.1) is 0 Å². The molecule has 0 spiro atoms. The fraction of sp³-hybridized carbons (Fsp3) is 0.462. The van der Waals surface area contributed by atoms with Gasteiger partial charge in [0.25, 0.3) is 0 Å². The van der Waals surface area contributed by atoms with Crippen molar-refractivity contribution in [3.63, 3.8) is 0 Å². The maximum atomic E-state index is 12.3. The van der Waals surface area contributed by atoms with Gasteiger partial charge < -0.3 is 9.84 Å². The van der Waals surface area contributed by atoms with Crippen LogP contribution in [-0.4, -0.2) is 46.3 Å². The van der Waals surface area contributed by atoms with Gasteiger partial charge in [0.05, 0.1) is 18.7 Å². The Labute approximate surface area is 124 Å². The molecule has 0 atom stereocenters. The van der Waals surface area contributed by atoms with E-state index in [1.54, 1.807) is 24.3 Å². The maximum absolute atomic E-state index is 12.3. The molecule has 0 saturated carbocycles. The lowest BCUT2D eigenvalue weighted by Gasteiger charge is -2.24. The first-order chi connectivity index (χ1) is 9.86. The molecule has 1 aromatic carbocycles. The summed E-state index contributed by atoms with van der Waals surface area (Å²) in [5, 5.41) is 8.77. The number of carboxylic acids is 1. The van der Waals surface area contributed by atoms with Crippen LogP contribution in [0.1, 0.15) is 12.0 Å². The number of hydrogen-bond donors (Lipinski definition) is 2. The van der Waals surface area contributed by atoms with E-state index in [4.69, 9.17) is 9.84 Å². The van der Waals surface area contributed by atoms with E-state index < -0.39 is 16.2 Å². The van der Waals surface area contributed by atoms with Gasteiger partial charge in [0.15, 0.2) is 0 Å². The first-order valence-electron chi connectivity index (χ1n) is 6.41. The molecule has 21 heavy (non-hydrogen) atoms. The summed E-state index contributed by atoms with van der Waals surface area (Å²) in [5.74, 6) is -1.06. The molecule has 0 saturated heterocycles. The van der Waals surface area contributed by atoms with Gasteiger partial charge in [-0.3, -0.25) is 9.10 Å². The van der Waals surface area contributed by atoms with Crippen LogP contribution < -0.4 is 9.03 Å². The van der Waals surface area contributed by atoms with E-state index in [2.05, 4.69) is 4.72 Å². The molecule has 7 nitrogen and oxygen atoms in total. The fourth-order valence-corrected chi connectivity index (χ4v) is 2.87. The third-order valence-electron chi connectivity index (χ3n) is 2.73. The zero-order chi connectivity index (χ0) is 15.9. The van der Waals surface area contributed by atoms with E-state index in [0.717, 1.165) is 9.87 Å². The van der Waals surface area contributed by atoms with Crippen LogP contribution in [0.25, 0.3) is 0 Å². The summed E-state index contributed by atoms with van der Waals surface area (Å²) in [6, 6.07) is 6.83. The lowest BCUT2D eigenvalue weighted by Crippen LogP contribution is -2.43. The van der Waals surface area contributed by atoms with Crippen molar-refractivity contribution in [3.8, 4) is 0 Å². The smallest absolute Gasteiger partial charge is 0.305 e. The molecule has 0 fully saturated rings. The van der Waals surface area contributed by atoms with Gasteiger partial charge in [0.1, 0.15) is 0 Å². The fourth-order valence-electron chi connectivity index (χ4n) is 1.65. The average Bonchev–Trinajstić information content (AvgIpc) is 2.40. The molecule has 8 heteroatoms. The van der Waals surface area contributed by atoms with Crippen LogP contribution in [0.5, 0.6) is 0 Å². The number of carboxylic acid groups (broad SMARTS) is 1.